The molecule has 3 heterocycles. The normalized spacial score (nSPS) is 11.8. The van der Waals surface area contributed by atoms with Gasteiger partial charge in [-0.3, -0.25) is 19.2 Å². The SMILES string of the molecule is CCn1c(=O)n(-c2ccc(C(C)(C)C#N)cc2)c2c3cc(-c4cn[nH]c4)ccc3ncc21. The number of hydrogen-bond donors (Lipinski definition) is 1. The van der Waals surface area contributed by atoms with E-state index in [-0.39, 0.29) is 5.69 Å². The van der Waals surface area contributed by atoms with Crippen LogP contribution in [0.15, 0.2) is 65.8 Å². The molecule has 0 saturated carbocycles. The Morgan fingerprint density at radius 1 is 1.09 bits per heavy atom. The molecule has 0 radical (unpaired) electrons. The highest BCUT2D eigenvalue weighted by Crippen LogP contribution is 2.30. The van der Waals surface area contributed by atoms with Crippen LogP contribution in [0.4, 0.5) is 0 Å². The third-order valence-electron chi connectivity index (χ3n) is 6.03. The van der Waals surface area contributed by atoms with E-state index in [1.807, 2.05) is 63.4 Å². The van der Waals surface area contributed by atoms with Crippen LogP contribution in [0.5, 0.6) is 0 Å². The second-order valence-electron chi connectivity index (χ2n) is 8.36. The third kappa shape index (κ3) is 2.92. The molecule has 7 nitrogen and oxygen atoms in total. The summed E-state index contributed by atoms with van der Waals surface area (Å²) in [5.41, 5.74) is 5.33. The molecule has 0 amide bonds. The van der Waals surface area contributed by atoms with E-state index in [0.717, 1.165) is 44.3 Å². The highest BCUT2D eigenvalue weighted by molar-refractivity contribution is 6.04. The number of nitrogens with zero attached hydrogens (tertiary/aromatic N) is 5. The van der Waals surface area contributed by atoms with Gasteiger partial charge < -0.3 is 0 Å². The Morgan fingerprint density at radius 2 is 1.88 bits per heavy atom. The van der Waals surface area contributed by atoms with Crippen molar-refractivity contribution in [3.05, 3.63) is 77.1 Å². The number of rotatable bonds is 4. The first-order chi connectivity index (χ1) is 15.4. The standard InChI is InChI=1S/C25H22N6O/c1-4-30-22-14-27-21-10-5-16(17-12-28-29-13-17)11-20(21)23(22)31(24(30)32)19-8-6-18(7-9-19)25(2,3)15-26/h5-14H,4H2,1-3H3,(H,28,29). The zero-order valence-electron chi connectivity index (χ0n) is 18.1. The zero-order chi connectivity index (χ0) is 22.5. The van der Waals surface area contributed by atoms with Crippen molar-refractivity contribution in [2.75, 3.05) is 0 Å². The number of pyridine rings is 1. The Morgan fingerprint density at radius 3 is 2.53 bits per heavy atom. The smallest absolute Gasteiger partial charge is 0.290 e. The van der Waals surface area contributed by atoms with Gasteiger partial charge in [0.05, 0.1) is 46.1 Å². The number of imidazole rings is 1. The molecule has 0 fully saturated rings. The van der Waals surface area contributed by atoms with E-state index in [9.17, 15) is 10.1 Å². The minimum absolute atomic E-state index is 0.113. The van der Waals surface area contributed by atoms with Crippen molar-refractivity contribution in [3.63, 3.8) is 0 Å². The summed E-state index contributed by atoms with van der Waals surface area (Å²) in [6, 6.07) is 16.0. The highest BCUT2D eigenvalue weighted by Gasteiger charge is 2.21. The van der Waals surface area contributed by atoms with E-state index >= 15 is 0 Å². The second-order valence-corrected chi connectivity index (χ2v) is 8.36. The van der Waals surface area contributed by atoms with Gasteiger partial charge in [-0.25, -0.2) is 4.79 Å². The Bertz CT molecular complexity index is 1550. The predicted molar refractivity (Wildman–Crippen MR) is 125 cm³/mol. The number of aromatic nitrogens is 5. The monoisotopic (exact) mass is 422 g/mol. The highest BCUT2D eigenvalue weighted by atomic mass is 16.1. The molecule has 0 saturated heterocycles. The van der Waals surface area contributed by atoms with Gasteiger partial charge in [0.25, 0.3) is 0 Å². The number of nitriles is 1. The molecular weight excluding hydrogens is 400 g/mol. The summed E-state index contributed by atoms with van der Waals surface area (Å²) >= 11 is 0. The predicted octanol–water partition coefficient (Wildman–Crippen LogP) is 4.55. The van der Waals surface area contributed by atoms with Gasteiger partial charge in [0.15, 0.2) is 0 Å². The first kappa shape index (κ1) is 19.8. The summed E-state index contributed by atoms with van der Waals surface area (Å²) in [5.74, 6) is 0. The lowest BCUT2D eigenvalue weighted by Crippen LogP contribution is -2.22. The van der Waals surface area contributed by atoms with Gasteiger partial charge >= 0.3 is 5.69 Å². The Kier molecular flexibility index (Phi) is 4.45. The maximum absolute atomic E-state index is 13.4. The number of aromatic amines is 1. The van der Waals surface area contributed by atoms with Crippen molar-refractivity contribution in [1.29, 1.82) is 5.26 Å². The summed E-state index contributed by atoms with van der Waals surface area (Å²) in [6.07, 6.45) is 5.38. The van der Waals surface area contributed by atoms with E-state index in [0.29, 0.717) is 6.54 Å². The third-order valence-corrected chi connectivity index (χ3v) is 6.03. The lowest BCUT2D eigenvalue weighted by atomic mass is 9.86. The molecule has 5 rings (SSSR count). The topological polar surface area (TPSA) is 92.3 Å². The Labute approximate surface area is 184 Å². The van der Waals surface area contributed by atoms with Gasteiger partial charge in [-0.15, -0.1) is 0 Å². The lowest BCUT2D eigenvalue weighted by Gasteiger charge is -2.16. The first-order valence-electron chi connectivity index (χ1n) is 10.5. The number of nitrogens with one attached hydrogen (secondary N) is 1. The maximum Gasteiger partial charge on any atom is 0.333 e. The fourth-order valence-corrected chi connectivity index (χ4v) is 4.15. The van der Waals surface area contributed by atoms with Gasteiger partial charge in [0.2, 0.25) is 0 Å². The molecule has 0 aliphatic heterocycles. The zero-order valence-corrected chi connectivity index (χ0v) is 18.1. The Hall–Kier alpha value is -4.18. The number of hydrogen-bond acceptors (Lipinski definition) is 4. The average molecular weight is 422 g/mol. The maximum atomic E-state index is 13.4. The molecule has 5 aromatic rings. The quantitative estimate of drug-likeness (QED) is 0.460. The number of benzene rings is 2. The molecule has 0 spiro atoms. The summed E-state index contributed by atoms with van der Waals surface area (Å²) in [6.45, 7) is 6.26. The van der Waals surface area contributed by atoms with E-state index in [2.05, 4.69) is 27.3 Å². The van der Waals surface area contributed by atoms with Gasteiger partial charge in [-0.2, -0.15) is 10.4 Å². The molecule has 7 heteroatoms. The molecule has 3 aromatic heterocycles. The number of aryl methyl sites for hydroxylation is 1. The molecule has 1 N–H and O–H groups in total. The van der Waals surface area contributed by atoms with E-state index in [4.69, 9.17) is 0 Å². The molecule has 0 aliphatic carbocycles. The van der Waals surface area contributed by atoms with Gasteiger partial charge in [-0.05, 0) is 56.2 Å². The van der Waals surface area contributed by atoms with Crippen LogP contribution in [0.3, 0.4) is 0 Å². The van der Waals surface area contributed by atoms with E-state index in [1.54, 1.807) is 21.5 Å². The van der Waals surface area contributed by atoms with Crippen molar-refractivity contribution in [3.8, 4) is 22.9 Å². The van der Waals surface area contributed by atoms with Crippen LogP contribution in [0.1, 0.15) is 26.3 Å². The average Bonchev–Trinajstić information content (AvgIpc) is 3.45. The van der Waals surface area contributed by atoms with Crippen LogP contribution in [0.2, 0.25) is 0 Å². The van der Waals surface area contributed by atoms with Crippen molar-refractivity contribution in [1.82, 2.24) is 24.3 Å². The summed E-state index contributed by atoms with van der Waals surface area (Å²) in [7, 11) is 0. The molecule has 0 unspecified atom stereocenters. The molecule has 0 atom stereocenters. The lowest BCUT2D eigenvalue weighted by molar-refractivity contribution is 0.686. The minimum Gasteiger partial charge on any atom is -0.290 e. The summed E-state index contributed by atoms with van der Waals surface area (Å²) in [5, 5.41) is 17.2. The van der Waals surface area contributed by atoms with Crippen LogP contribution in [-0.4, -0.2) is 24.3 Å². The van der Waals surface area contributed by atoms with E-state index < -0.39 is 5.41 Å². The van der Waals surface area contributed by atoms with Gasteiger partial charge in [-0.1, -0.05) is 18.2 Å². The second kappa shape index (κ2) is 7.20. The van der Waals surface area contributed by atoms with E-state index in [1.165, 1.54) is 0 Å². The molecule has 2 aromatic carbocycles. The van der Waals surface area contributed by atoms with Crippen LogP contribution in [-0.2, 0) is 12.0 Å². The minimum atomic E-state index is -0.600. The summed E-state index contributed by atoms with van der Waals surface area (Å²) < 4.78 is 3.48. The summed E-state index contributed by atoms with van der Waals surface area (Å²) in [4.78, 5) is 18.1. The number of fused-ring (bicyclic) bond motifs is 3. The van der Waals surface area contributed by atoms with Crippen molar-refractivity contribution < 1.29 is 0 Å². The molecule has 0 bridgehead atoms. The van der Waals surface area contributed by atoms with Gasteiger partial charge in [0.1, 0.15) is 0 Å². The fraction of sp³-hybridized carbons (Fsp3) is 0.200. The van der Waals surface area contributed by atoms with Crippen molar-refractivity contribution in [2.24, 2.45) is 0 Å². The van der Waals surface area contributed by atoms with Gasteiger partial charge in [0, 0.05) is 23.7 Å². The largest absolute Gasteiger partial charge is 0.333 e. The molecule has 158 valence electrons. The van der Waals surface area contributed by atoms with Crippen LogP contribution in [0.25, 0.3) is 38.8 Å². The van der Waals surface area contributed by atoms with Crippen molar-refractivity contribution >= 4 is 21.9 Å². The van der Waals surface area contributed by atoms with Crippen LogP contribution >= 0.6 is 0 Å². The van der Waals surface area contributed by atoms with Crippen LogP contribution in [0, 0.1) is 11.3 Å². The molecular formula is C25H22N6O. The fourth-order valence-electron chi connectivity index (χ4n) is 4.15. The first-order valence-corrected chi connectivity index (χ1v) is 10.5. The van der Waals surface area contributed by atoms with Crippen molar-refractivity contribution in [2.45, 2.75) is 32.7 Å². The number of H-pyrrole nitrogens is 1. The Balaban J connectivity index is 1.82. The molecule has 32 heavy (non-hydrogen) atoms. The molecule has 0 aliphatic rings. The van der Waals surface area contributed by atoms with Crippen LogP contribution < -0.4 is 5.69 Å².